The molecule has 0 saturated carbocycles. The van der Waals surface area contributed by atoms with E-state index in [4.69, 9.17) is 0 Å². The van der Waals surface area contributed by atoms with Crippen molar-refractivity contribution < 1.29 is 0 Å². The van der Waals surface area contributed by atoms with Gasteiger partial charge in [0.15, 0.2) is 0 Å². The standard InChI is InChI=1S/C8H10S2/c1-5-6(2)8(10)4-3-7(5)9/h3-4,9-10H,1-2H3. The number of thiol groups is 2. The summed E-state index contributed by atoms with van der Waals surface area (Å²) >= 11 is 8.56. The van der Waals surface area contributed by atoms with Crippen molar-refractivity contribution in [2.75, 3.05) is 0 Å². The quantitative estimate of drug-likeness (QED) is 0.550. The molecule has 0 bridgehead atoms. The summed E-state index contributed by atoms with van der Waals surface area (Å²) in [5, 5.41) is 0. The molecule has 0 N–H and O–H groups in total. The summed E-state index contributed by atoms with van der Waals surface area (Å²) in [4.78, 5) is 2.07. The van der Waals surface area contributed by atoms with E-state index in [-0.39, 0.29) is 0 Å². The summed E-state index contributed by atoms with van der Waals surface area (Å²) in [5.74, 6) is 0. The van der Waals surface area contributed by atoms with Crippen LogP contribution < -0.4 is 0 Å². The van der Waals surface area contributed by atoms with Crippen molar-refractivity contribution in [3.05, 3.63) is 23.3 Å². The minimum absolute atomic E-state index is 1.04. The molecule has 0 amide bonds. The van der Waals surface area contributed by atoms with Crippen LogP contribution in [0, 0.1) is 13.8 Å². The molecular weight excluding hydrogens is 160 g/mol. The lowest BCUT2D eigenvalue weighted by Crippen LogP contribution is -1.83. The molecule has 2 heteroatoms. The highest BCUT2D eigenvalue weighted by Gasteiger charge is 1.99. The second kappa shape index (κ2) is 2.89. The summed E-state index contributed by atoms with van der Waals surface area (Å²) in [7, 11) is 0. The first kappa shape index (κ1) is 8.02. The van der Waals surface area contributed by atoms with Gasteiger partial charge in [0.05, 0.1) is 0 Å². The molecule has 0 saturated heterocycles. The Labute approximate surface area is 72.5 Å². The average Bonchev–Trinajstić information content (AvgIpc) is 1.93. The molecule has 0 atom stereocenters. The van der Waals surface area contributed by atoms with Gasteiger partial charge in [-0.05, 0) is 37.1 Å². The highest BCUT2D eigenvalue weighted by molar-refractivity contribution is 7.80. The Morgan fingerprint density at radius 3 is 1.50 bits per heavy atom. The van der Waals surface area contributed by atoms with Gasteiger partial charge in [0.1, 0.15) is 0 Å². The van der Waals surface area contributed by atoms with E-state index >= 15 is 0 Å². The highest BCUT2D eigenvalue weighted by atomic mass is 32.1. The fraction of sp³-hybridized carbons (Fsp3) is 0.250. The Morgan fingerprint density at radius 1 is 0.900 bits per heavy atom. The molecular formula is C8H10S2. The van der Waals surface area contributed by atoms with Crippen LogP contribution in [-0.4, -0.2) is 0 Å². The molecule has 0 aliphatic carbocycles. The van der Waals surface area contributed by atoms with Crippen molar-refractivity contribution >= 4 is 25.3 Å². The van der Waals surface area contributed by atoms with Gasteiger partial charge < -0.3 is 0 Å². The lowest BCUT2D eigenvalue weighted by Gasteiger charge is -2.04. The van der Waals surface area contributed by atoms with Crippen LogP contribution in [0.3, 0.4) is 0 Å². The Bertz CT molecular complexity index is 227. The fourth-order valence-electron chi connectivity index (χ4n) is 0.792. The van der Waals surface area contributed by atoms with Crippen molar-refractivity contribution in [3.8, 4) is 0 Å². The van der Waals surface area contributed by atoms with E-state index < -0.39 is 0 Å². The fourth-order valence-corrected chi connectivity index (χ4v) is 1.28. The van der Waals surface area contributed by atoms with E-state index in [0.29, 0.717) is 0 Å². The number of hydrogen-bond donors (Lipinski definition) is 2. The molecule has 0 aliphatic rings. The van der Waals surface area contributed by atoms with Crippen LogP contribution in [0.5, 0.6) is 0 Å². The number of rotatable bonds is 0. The molecule has 1 rings (SSSR count). The molecule has 0 aromatic heterocycles. The molecule has 0 radical (unpaired) electrons. The van der Waals surface area contributed by atoms with Gasteiger partial charge in [0, 0.05) is 9.79 Å². The van der Waals surface area contributed by atoms with Crippen molar-refractivity contribution in [1.29, 1.82) is 0 Å². The predicted molar refractivity (Wildman–Crippen MR) is 50.4 cm³/mol. The lowest BCUT2D eigenvalue weighted by molar-refractivity contribution is 1.16. The highest BCUT2D eigenvalue weighted by Crippen LogP contribution is 2.22. The summed E-state index contributed by atoms with van der Waals surface area (Å²) < 4.78 is 0. The van der Waals surface area contributed by atoms with Gasteiger partial charge in [0.25, 0.3) is 0 Å². The van der Waals surface area contributed by atoms with Crippen LogP contribution in [0.4, 0.5) is 0 Å². The summed E-state index contributed by atoms with van der Waals surface area (Å²) in [6, 6.07) is 3.93. The molecule has 0 nitrogen and oxygen atoms in total. The van der Waals surface area contributed by atoms with Gasteiger partial charge in [-0.2, -0.15) is 0 Å². The summed E-state index contributed by atoms with van der Waals surface area (Å²) in [5.41, 5.74) is 2.44. The Kier molecular flexibility index (Phi) is 2.32. The second-order valence-corrected chi connectivity index (χ2v) is 3.32. The number of hydrogen-bond acceptors (Lipinski definition) is 2. The molecule has 54 valence electrons. The van der Waals surface area contributed by atoms with Gasteiger partial charge in [-0.25, -0.2) is 0 Å². The Hall–Kier alpha value is -0.0800. The first-order valence-corrected chi connectivity index (χ1v) is 4.00. The molecule has 0 fully saturated rings. The maximum absolute atomic E-state index is 4.28. The first-order chi connectivity index (χ1) is 4.63. The SMILES string of the molecule is Cc1c(S)ccc(S)c1C. The maximum Gasteiger partial charge on any atom is 0.00726 e. The minimum atomic E-state index is 1.04. The number of benzene rings is 1. The van der Waals surface area contributed by atoms with Crippen molar-refractivity contribution in [3.63, 3.8) is 0 Å². The monoisotopic (exact) mass is 170 g/mol. The Balaban J connectivity index is 3.34. The third-order valence-corrected chi connectivity index (χ3v) is 2.70. The van der Waals surface area contributed by atoms with Crippen molar-refractivity contribution in [2.24, 2.45) is 0 Å². The zero-order valence-corrected chi connectivity index (χ0v) is 7.84. The second-order valence-electron chi connectivity index (χ2n) is 2.35. The molecule has 0 heterocycles. The van der Waals surface area contributed by atoms with Crippen LogP contribution >= 0.6 is 25.3 Å². The molecule has 0 spiro atoms. The van der Waals surface area contributed by atoms with Crippen LogP contribution in [0.25, 0.3) is 0 Å². The smallest absolute Gasteiger partial charge is 0.00726 e. The van der Waals surface area contributed by atoms with Gasteiger partial charge in [0.2, 0.25) is 0 Å². The van der Waals surface area contributed by atoms with Crippen LogP contribution in [-0.2, 0) is 0 Å². The van der Waals surface area contributed by atoms with Gasteiger partial charge in [-0.1, -0.05) is 0 Å². The predicted octanol–water partition coefficient (Wildman–Crippen LogP) is 2.88. The average molecular weight is 170 g/mol. The molecule has 1 aromatic carbocycles. The lowest BCUT2D eigenvalue weighted by atomic mass is 10.1. The third kappa shape index (κ3) is 1.32. The van der Waals surface area contributed by atoms with E-state index in [1.54, 1.807) is 0 Å². The van der Waals surface area contributed by atoms with Crippen LogP contribution in [0.2, 0.25) is 0 Å². The van der Waals surface area contributed by atoms with E-state index in [1.165, 1.54) is 11.1 Å². The van der Waals surface area contributed by atoms with Gasteiger partial charge in [-0.15, -0.1) is 25.3 Å². The molecule has 1 aromatic rings. The molecule has 0 aliphatic heterocycles. The maximum atomic E-state index is 4.28. The Morgan fingerprint density at radius 2 is 1.20 bits per heavy atom. The third-order valence-electron chi connectivity index (χ3n) is 1.73. The van der Waals surface area contributed by atoms with Gasteiger partial charge >= 0.3 is 0 Å². The van der Waals surface area contributed by atoms with E-state index in [9.17, 15) is 0 Å². The van der Waals surface area contributed by atoms with Crippen molar-refractivity contribution in [1.82, 2.24) is 0 Å². The molecule has 10 heavy (non-hydrogen) atoms. The zero-order chi connectivity index (χ0) is 7.72. The van der Waals surface area contributed by atoms with Crippen molar-refractivity contribution in [2.45, 2.75) is 23.6 Å². The van der Waals surface area contributed by atoms with Crippen LogP contribution in [0.15, 0.2) is 21.9 Å². The topological polar surface area (TPSA) is 0 Å². The first-order valence-electron chi connectivity index (χ1n) is 3.11. The van der Waals surface area contributed by atoms with Gasteiger partial charge in [-0.3, -0.25) is 0 Å². The summed E-state index contributed by atoms with van der Waals surface area (Å²) in [6.45, 7) is 4.11. The largest absolute Gasteiger partial charge is 0.143 e. The molecule has 0 unspecified atom stereocenters. The van der Waals surface area contributed by atoms with Crippen LogP contribution in [0.1, 0.15) is 11.1 Å². The zero-order valence-electron chi connectivity index (χ0n) is 6.05. The summed E-state index contributed by atoms with van der Waals surface area (Å²) in [6.07, 6.45) is 0. The van der Waals surface area contributed by atoms with E-state index in [0.717, 1.165) is 9.79 Å². The van der Waals surface area contributed by atoms with E-state index in [1.807, 2.05) is 12.1 Å². The minimum Gasteiger partial charge on any atom is -0.143 e. The normalized spacial score (nSPS) is 10.0. The van der Waals surface area contributed by atoms with E-state index in [2.05, 4.69) is 39.1 Å².